The topological polar surface area (TPSA) is 32.3 Å². The molecule has 1 heterocycles. The van der Waals surface area contributed by atoms with Gasteiger partial charge >= 0.3 is 0 Å². The molecule has 1 aromatic carbocycles. The van der Waals surface area contributed by atoms with Crippen molar-refractivity contribution < 1.29 is 4.79 Å². The molecule has 0 bridgehead atoms. The summed E-state index contributed by atoms with van der Waals surface area (Å²) in [6.07, 6.45) is 0.486. The van der Waals surface area contributed by atoms with Crippen LogP contribution in [0.25, 0.3) is 0 Å². The SMILES string of the molecule is CNC1CC(=O)N(C)c2ccc(Cl)cc21. The van der Waals surface area contributed by atoms with E-state index in [9.17, 15) is 4.79 Å². The van der Waals surface area contributed by atoms with Crippen molar-refractivity contribution in [3.05, 3.63) is 28.8 Å². The third kappa shape index (κ3) is 1.73. The average Bonchev–Trinajstić information content (AvgIpc) is 2.23. The van der Waals surface area contributed by atoms with E-state index in [2.05, 4.69) is 5.32 Å². The molecule has 1 N–H and O–H groups in total. The number of carbonyl (C=O) groups excluding carboxylic acids is 1. The minimum Gasteiger partial charge on any atom is -0.315 e. The lowest BCUT2D eigenvalue weighted by atomic mass is 9.96. The van der Waals surface area contributed by atoms with Crippen molar-refractivity contribution in [2.45, 2.75) is 12.5 Å². The lowest BCUT2D eigenvalue weighted by Crippen LogP contribution is -2.36. The van der Waals surface area contributed by atoms with E-state index >= 15 is 0 Å². The molecule has 0 fully saturated rings. The highest BCUT2D eigenvalue weighted by Crippen LogP contribution is 2.34. The first-order valence-electron chi connectivity index (χ1n) is 4.86. The van der Waals surface area contributed by atoms with Crippen LogP contribution in [0.1, 0.15) is 18.0 Å². The second kappa shape index (κ2) is 3.83. The van der Waals surface area contributed by atoms with Crippen LogP contribution >= 0.6 is 11.6 Å². The van der Waals surface area contributed by atoms with Gasteiger partial charge in [-0.3, -0.25) is 4.79 Å². The monoisotopic (exact) mass is 224 g/mol. The van der Waals surface area contributed by atoms with Gasteiger partial charge in [-0.05, 0) is 30.8 Å². The number of carbonyl (C=O) groups is 1. The Balaban J connectivity index is 2.53. The summed E-state index contributed by atoms with van der Waals surface area (Å²) in [6.45, 7) is 0. The molecule has 2 rings (SSSR count). The Morgan fingerprint density at radius 1 is 1.53 bits per heavy atom. The molecule has 4 heteroatoms. The van der Waals surface area contributed by atoms with E-state index in [1.165, 1.54) is 0 Å². The van der Waals surface area contributed by atoms with Gasteiger partial charge in [0, 0.05) is 30.2 Å². The number of benzene rings is 1. The molecule has 3 nitrogen and oxygen atoms in total. The Morgan fingerprint density at radius 3 is 2.93 bits per heavy atom. The highest BCUT2D eigenvalue weighted by Gasteiger charge is 2.27. The number of fused-ring (bicyclic) bond motifs is 1. The van der Waals surface area contributed by atoms with E-state index in [1.807, 2.05) is 25.2 Å². The van der Waals surface area contributed by atoms with Crippen LogP contribution in [0, 0.1) is 0 Å². The third-order valence-corrected chi connectivity index (χ3v) is 3.06. The maximum absolute atomic E-state index is 11.7. The lowest BCUT2D eigenvalue weighted by molar-refractivity contribution is -0.119. The van der Waals surface area contributed by atoms with Crippen LogP contribution in [0.4, 0.5) is 5.69 Å². The van der Waals surface area contributed by atoms with Gasteiger partial charge in [0.05, 0.1) is 0 Å². The van der Waals surface area contributed by atoms with Crippen molar-refractivity contribution in [2.75, 3.05) is 19.0 Å². The standard InChI is InChI=1S/C11H13ClN2O/c1-13-9-6-11(15)14(2)10-4-3-7(12)5-8(9)10/h3-5,9,13H,6H2,1-2H3. The molecule has 1 amide bonds. The summed E-state index contributed by atoms with van der Waals surface area (Å²) < 4.78 is 0. The number of hydrogen-bond donors (Lipinski definition) is 1. The number of hydrogen-bond acceptors (Lipinski definition) is 2. The van der Waals surface area contributed by atoms with E-state index in [0.29, 0.717) is 11.4 Å². The van der Waals surface area contributed by atoms with Crippen molar-refractivity contribution in [1.82, 2.24) is 5.32 Å². The maximum atomic E-state index is 11.7. The van der Waals surface area contributed by atoms with Crippen molar-refractivity contribution >= 4 is 23.2 Å². The summed E-state index contributed by atoms with van der Waals surface area (Å²) >= 11 is 5.95. The Bertz CT molecular complexity index is 406. The Labute approximate surface area is 94.0 Å². The zero-order valence-corrected chi connectivity index (χ0v) is 9.51. The summed E-state index contributed by atoms with van der Waals surface area (Å²) in [5, 5.41) is 3.84. The first kappa shape index (κ1) is 10.5. The zero-order valence-electron chi connectivity index (χ0n) is 8.75. The van der Waals surface area contributed by atoms with Gasteiger partial charge in [-0.2, -0.15) is 0 Å². The predicted molar refractivity (Wildman–Crippen MR) is 61.3 cm³/mol. The molecule has 1 aliphatic rings. The molecule has 1 unspecified atom stereocenters. The molecule has 0 aromatic heterocycles. The summed E-state index contributed by atoms with van der Waals surface area (Å²) in [5.41, 5.74) is 2.03. The number of nitrogens with one attached hydrogen (secondary N) is 1. The van der Waals surface area contributed by atoms with E-state index in [4.69, 9.17) is 11.6 Å². The molecule has 0 saturated carbocycles. The first-order valence-corrected chi connectivity index (χ1v) is 5.24. The fourth-order valence-corrected chi connectivity index (χ4v) is 2.10. The quantitative estimate of drug-likeness (QED) is 0.791. The molecule has 0 aliphatic carbocycles. The third-order valence-electron chi connectivity index (χ3n) is 2.83. The Kier molecular flexibility index (Phi) is 2.67. The van der Waals surface area contributed by atoms with Crippen LogP contribution in [0.5, 0.6) is 0 Å². The smallest absolute Gasteiger partial charge is 0.228 e. The summed E-state index contributed by atoms with van der Waals surface area (Å²) in [7, 11) is 3.65. The largest absolute Gasteiger partial charge is 0.315 e. The van der Waals surface area contributed by atoms with Crippen molar-refractivity contribution in [3.63, 3.8) is 0 Å². The Hall–Kier alpha value is -1.06. The fourth-order valence-electron chi connectivity index (χ4n) is 1.92. The summed E-state index contributed by atoms with van der Waals surface area (Å²) in [5.74, 6) is 0.129. The first-order chi connectivity index (χ1) is 7.13. The number of amides is 1. The Morgan fingerprint density at radius 2 is 2.27 bits per heavy atom. The van der Waals surface area contributed by atoms with Gasteiger partial charge < -0.3 is 10.2 Å². The second-order valence-corrected chi connectivity index (χ2v) is 4.14. The molecule has 0 radical (unpaired) electrons. The molecule has 80 valence electrons. The lowest BCUT2D eigenvalue weighted by Gasteiger charge is -2.31. The number of anilines is 1. The summed E-state index contributed by atoms with van der Waals surface area (Å²) in [4.78, 5) is 13.3. The highest BCUT2D eigenvalue weighted by molar-refractivity contribution is 6.30. The molecule has 15 heavy (non-hydrogen) atoms. The van der Waals surface area contributed by atoms with Crippen LogP contribution in [-0.2, 0) is 4.79 Å². The molecule has 1 aliphatic heterocycles. The number of halogens is 1. The van der Waals surface area contributed by atoms with E-state index < -0.39 is 0 Å². The van der Waals surface area contributed by atoms with Crippen LogP contribution in [0.2, 0.25) is 5.02 Å². The van der Waals surface area contributed by atoms with Crippen LogP contribution in [0.3, 0.4) is 0 Å². The van der Waals surface area contributed by atoms with Crippen molar-refractivity contribution in [1.29, 1.82) is 0 Å². The number of nitrogens with zero attached hydrogens (tertiary/aromatic N) is 1. The normalized spacial score (nSPS) is 20.3. The van der Waals surface area contributed by atoms with Gasteiger partial charge in [-0.25, -0.2) is 0 Å². The molecule has 0 saturated heterocycles. The molecule has 1 atom stereocenters. The van der Waals surface area contributed by atoms with Gasteiger partial charge in [0.25, 0.3) is 0 Å². The minimum absolute atomic E-state index is 0.0717. The van der Waals surface area contributed by atoms with Gasteiger partial charge in [0.1, 0.15) is 0 Å². The molecule has 1 aromatic rings. The van der Waals surface area contributed by atoms with E-state index in [1.54, 1.807) is 11.9 Å². The van der Waals surface area contributed by atoms with Gasteiger partial charge in [-0.15, -0.1) is 0 Å². The fraction of sp³-hybridized carbons (Fsp3) is 0.364. The molecular weight excluding hydrogens is 212 g/mol. The highest BCUT2D eigenvalue weighted by atomic mass is 35.5. The van der Waals surface area contributed by atoms with E-state index in [0.717, 1.165) is 11.3 Å². The average molecular weight is 225 g/mol. The predicted octanol–water partition coefficient (Wildman–Crippen LogP) is 1.97. The van der Waals surface area contributed by atoms with Gasteiger partial charge in [-0.1, -0.05) is 11.6 Å². The van der Waals surface area contributed by atoms with Gasteiger partial charge in [0.2, 0.25) is 5.91 Å². The summed E-state index contributed by atoms with van der Waals surface area (Å²) in [6, 6.07) is 5.69. The van der Waals surface area contributed by atoms with Crippen molar-refractivity contribution in [2.24, 2.45) is 0 Å². The minimum atomic E-state index is 0.0717. The van der Waals surface area contributed by atoms with Crippen molar-refractivity contribution in [3.8, 4) is 0 Å². The molecule has 0 spiro atoms. The van der Waals surface area contributed by atoms with Crippen LogP contribution in [0.15, 0.2) is 18.2 Å². The van der Waals surface area contributed by atoms with E-state index in [-0.39, 0.29) is 11.9 Å². The second-order valence-electron chi connectivity index (χ2n) is 3.70. The van der Waals surface area contributed by atoms with Crippen LogP contribution in [-0.4, -0.2) is 20.0 Å². The van der Waals surface area contributed by atoms with Gasteiger partial charge in [0.15, 0.2) is 0 Å². The van der Waals surface area contributed by atoms with Crippen LogP contribution < -0.4 is 10.2 Å². The number of rotatable bonds is 1. The zero-order chi connectivity index (χ0) is 11.0. The molecular formula is C11H13ClN2O. The maximum Gasteiger partial charge on any atom is 0.228 e.